The van der Waals surface area contributed by atoms with E-state index in [1.807, 2.05) is 17.3 Å². The van der Waals surface area contributed by atoms with Crippen LogP contribution < -0.4 is 26.0 Å². The van der Waals surface area contributed by atoms with Gasteiger partial charge in [0.1, 0.15) is 12.0 Å². The molecule has 1 saturated heterocycles. The quantitative estimate of drug-likeness (QED) is 0.663. The van der Waals surface area contributed by atoms with E-state index >= 15 is 0 Å². The molecule has 1 aromatic heterocycles. The Balaban J connectivity index is 1.41. The molecule has 1 fully saturated rings. The van der Waals surface area contributed by atoms with Gasteiger partial charge < -0.3 is 10.2 Å². The predicted octanol–water partition coefficient (Wildman–Crippen LogP) is 2.06. The van der Waals surface area contributed by atoms with Crippen molar-refractivity contribution in [3.8, 4) is 0 Å². The average molecular weight is 441 g/mol. The number of benzene rings is 1. The van der Waals surface area contributed by atoms with Crippen LogP contribution in [0.25, 0.3) is 0 Å². The van der Waals surface area contributed by atoms with Gasteiger partial charge in [0.2, 0.25) is 0 Å². The Bertz CT molecular complexity index is 983. The number of pyridine rings is 1. The maximum absolute atomic E-state index is 12.8. The highest BCUT2D eigenvalue weighted by Crippen LogP contribution is 2.32. The number of carbonyl (C=O) groups is 1. The van der Waals surface area contributed by atoms with Crippen LogP contribution in [0.5, 0.6) is 0 Å². The summed E-state index contributed by atoms with van der Waals surface area (Å²) in [4.78, 5) is 19.4. The molecule has 0 spiro atoms. The van der Waals surface area contributed by atoms with E-state index in [0.717, 1.165) is 40.1 Å². The molecular formula is C20H21BrN6O. The number of carbonyl (C=O) groups excluding carboxylic acids is 1. The molecule has 3 aliphatic heterocycles. The summed E-state index contributed by atoms with van der Waals surface area (Å²) in [5.41, 5.74) is 8.63. The van der Waals surface area contributed by atoms with Crippen LogP contribution >= 0.6 is 15.9 Å². The van der Waals surface area contributed by atoms with Crippen LogP contribution in [0, 0.1) is 13.8 Å². The predicted molar refractivity (Wildman–Crippen MR) is 111 cm³/mol. The molecule has 3 N–H and O–H groups in total. The molecule has 0 aliphatic carbocycles. The van der Waals surface area contributed by atoms with Crippen molar-refractivity contribution in [3.63, 3.8) is 0 Å². The molecule has 5 rings (SSSR count). The first kappa shape index (κ1) is 17.7. The summed E-state index contributed by atoms with van der Waals surface area (Å²) in [5, 5.41) is 8.52. The number of hydrogen-bond acceptors (Lipinski definition) is 6. The first-order valence-corrected chi connectivity index (χ1v) is 10.1. The fourth-order valence-electron chi connectivity index (χ4n) is 4.25. The van der Waals surface area contributed by atoms with Gasteiger partial charge in [-0.3, -0.25) is 15.1 Å². The second-order valence-corrected chi connectivity index (χ2v) is 8.29. The number of rotatable bonds is 2. The lowest BCUT2D eigenvalue weighted by Gasteiger charge is -2.37. The van der Waals surface area contributed by atoms with Crippen LogP contribution in [0.3, 0.4) is 0 Å². The smallest absolute Gasteiger partial charge is 0.254 e. The molecule has 7 nitrogen and oxygen atoms in total. The van der Waals surface area contributed by atoms with E-state index < -0.39 is 0 Å². The number of amides is 1. The lowest BCUT2D eigenvalue weighted by atomic mass is 10.1. The van der Waals surface area contributed by atoms with Crippen LogP contribution in [0.4, 0.5) is 11.5 Å². The molecule has 4 heterocycles. The van der Waals surface area contributed by atoms with Gasteiger partial charge in [-0.1, -0.05) is 22.0 Å². The number of fused-ring (bicyclic) bond motifs is 2. The minimum Gasteiger partial charge on any atom is -0.323 e. The van der Waals surface area contributed by atoms with Crippen molar-refractivity contribution in [2.24, 2.45) is 0 Å². The summed E-state index contributed by atoms with van der Waals surface area (Å²) < 4.78 is 1.05. The first-order chi connectivity index (χ1) is 13.5. The molecule has 0 bridgehead atoms. The Morgan fingerprint density at radius 2 is 2.04 bits per heavy atom. The Kier molecular flexibility index (Phi) is 4.15. The highest BCUT2D eigenvalue weighted by Gasteiger charge is 2.40. The third-order valence-corrected chi connectivity index (χ3v) is 5.93. The largest absolute Gasteiger partial charge is 0.323 e. The normalized spacial score (nSPS) is 23.4. The lowest BCUT2D eigenvalue weighted by molar-refractivity contribution is -0.120. The van der Waals surface area contributed by atoms with Gasteiger partial charge in [0, 0.05) is 23.4 Å². The number of aromatic nitrogens is 1. The third-order valence-electron chi connectivity index (χ3n) is 5.47. The maximum atomic E-state index is 12.8. The Hall–Kier alpha value is -2.42. The van der Waals surface area contributed by atoms with Crippen molar-refractivity contribution < 1.29 is 4.79 Å². The number of halogens is 1. The molecule has 0 saturated carbocycles. The minimum atomic E-state index is -0.301. The van der Waals surface area contributed by atoms with Crippen LogP contribution in [0.15, 0.2) is 46.7 Å². The lowest BCUT2D eigenvalue weighted by Crippen LogP contribution is -2.67. The second kappa shape index (κ2) is 6.58. The number of aryl methyl sites for hydroxylation is 2. The summed E-state index contributed by atoms with van der Waals surface area (Å²) in [7, 11) is 0. The molecule has 3 aliphatic rings. The van der Waals surface area contributed by atoms with Crippen LogP contribution in [-0.2, 0) is 11.2 Å². The standard InChI is InChI=1S/C20H21BrN6O/c1-11-8-14(21)9-12(2)16(11)27-10-15-17(25-27)23-20(24-19(15)28)26-7-5-13-4-3-6-22-18(13)26/h3-4,6,8-10,17,20,23,25H,5,7H2,1-2H3,(H,24,28). The molecule has 8 heteroatoms. The Labute approximate surface area is 171 Å². The summed E-state index contributed by atoms with van der Waals surface area (Å²) in [6, 6.07) is 8.20. The van der Waals surface area contributed by atoms with Crippen molar-refractivity contribution >= 4 is 33.3 Å². The summed E-state index contributed by atoms with van der Waals surface area (Å²) in [5.74, 6) is 0.864. The van der Waals surface area contributed by atoms with Crippen molar-refractivity contribution in [1.29, 1.82) is 0 Å². The van der Waals surface area contributed by atoms with Gasteiger partial charge in [-0.05, 0) is 55.2 Å². The SMILES string of the molecule is Cc1cc(Br)cc(C)c1N1C=C2C(=O)NC(N3CCc4cccnc43)NC2N1. The highest BCUT2D eigenvalue weighted by atomic mass is 79.9. The van der Waals surface area contributed by atoms with E-state index in [4.69, 9.17) is 0 Å². The Morgan fingerprint density at radius 3 is 2.82 bits per heavy atom. The monoisotopic (exact) mass is 440 g/mol. The van der Waals surface area contributed by atoms with Crippen LogP contribution in [0.2, 0.25) is 0 Å². The van der Waals surface area contributed by atoms with Gasteiger partial charge >= 0.3 is 0 Å². The molecule has 144 valence electrons. The number of nitrogens with zero attached hydrogens (tertiary/aromatic N) is 3. The van der Waals surface area contributed by atoms with Crippen LogP contribution in [0.1, 0.15) is 16.7 Å². The van der Waals surface area contributed by atoms with E-state index in [1.165, 1.54) is 5.56 Å². The number of hydrazine groups is 1. The van der Waals surface area contributed by atoms with Gasteiger partial charge in [0.05, 0.1) is 11.3 Å². The maximum Gasteiger partial charge on any atom is 0.254 e. The zero-order valence-corrected chi connectivity index (χ0v) is 17.2. The average Bonchev–Trinajstić information content (AvgIpc) is 3.25. The minimum absolute atomic E-state index is 0.0689. The van der Waals surface area contributed by atoms with Crippen molar-refractivity contribution in [3.05, 3.63) is 63.4 Å². The van der Waals surface area contributed by atoms with E-state index in [0.29, 0.717) is 5.57 Å². The molecule has 28 heavy (non-hydrogen) atoms. The van der Waals surface area contributed by atoms with Crippen LogP contribution in [-0.4, -0.2) is 29.9 Å². The second-order valence-electron chi connectivity index (χ2n) is 7.38. The fourth-order valence-corrected chi connectivity index (χ4v) is 4.93. The topological polar surface area (TPSA) is 72.5 Å². The van der Waals surface area contributed by atoms with Crippen molar-refractivity contribution in [2.75, 3.05) is 16.5 Å². The Morgan fingerprint density at radius 1 is 1.25 bits per heavy atom. The van der Waals surface area contributed by atoms with E-state index in [2.05, 4.69) is 73.9 Å². The first-order valence-electron chi connectivity index (χ1n) is 9.32. The van der Waals surface area contributed by atoms with Gasteiger partial charge in [-0.15, -0.1) is 0 Å². The summed E-state index contributed by atoms with van der Waals surface area (Å²) in [6.45, 7) is 4.96. The number of anilines is 2. The molecule has 1 aromatic carbocycles. The summed E-state index contributed by atoms with van der Waals surface area (Å²) >= 11 is 3.54. The highest BCUT2D eigenvalue weighted by molar-refractivity contribution is 9.10. The third kappa shape index (κ3) is 2.80. The number of hydrogen-bond donors (Lipinski definition) is 3. The fraction of sp³-hybridized carbons (Fsp3) is 0.300. The van der Waals surface area contributed by atoms with E-state index in [1.54, 1.807) is 6.20 Å². The van der Waals surface area contributed by atoms with Gasteiger partial charge in [0.15, 0.2) is 6.29 Å². The van der Waals surface area contributed by atoms with Gasteiger partial charge in [0.25, 0.3) is 5.91 Å². The van der Waals surface area contributed by atoms with E-state index in [-0.39, 0.29) is 18.4 Å². The zero-order chi connectivity index (χ0) is 19.4. The zero-order valence-electron chi connectivity index (χ0n) is 15.7. The van der Waals surface area contributed by atoms with Crippen molar-refractivity contribution in [1.82, 2.24) is 21.0 Å². The van der Waals surface area contributed by atoms with Crippen molar-refractivity contribution in [2.45, 2.75) is 32.7 Å². The van der Waals surface area contributed by atoms with Gasteiger partial charge in [-0.25, -0.2) is 10.4 Å². The molecule has 0 radical (unpaired) electrons. The summed E-state index contributed by atoms with van der Waals surface area (Å²) in [6.07, 6.45) is 4.05. The molecule has 1 amide bonds. The molecular weight excluding hydrogens is 420 g/mol. The van der Waals surface area contributed by atoms with Gasteiger partial charge in [-0.2, -0.15) is 0 Å². The number of nitrogens with one attached hydrogen (secondary N) is 3. The van der Waals surface area contributed by atoms with E-state index in [9.17, 15) is 4.79 Å². The molecule has 2 aromatic rings. The molecule has 2 unspecified atom stereocenters. The molecule has 2 atom stereocenters.